The highest BCUT2D eigenvalue weighted by atomic mass is 16.5. The lowest BCUT2D eigenvalue weighted by atomic mass is 10.1. The molecule has 0 fully saturated rings. The molecule has 0 bridgehead atoms. The van der Waals surface area contributed by atoms with Gasteiger partial charge in [0.2, 0.25) is 5.88 Å². The van der Waals surface area contributed by atoms with Crippen molar-refractivity contribution in [1.29, 1.82) is 0 Å². The lowest BCUT2D eigenvalue weighted by Crippen LogP contribution is -2.02. The van der Waals surface area contributed by atoms with Gasteiger partial charge in [-0.05, 0) is 60.7 Å². The first-order valence-electron chi connectivity index (χ1n) is 9.28. The number of hydrogen-bond donors (Lipinski definition) is 1. The van der Waals surface area contributed by atoms with Gasteiger partial charge >= 0.3 is 0 Å². The van der Waals surface area contributed by atoms with E-state index in [0.29, 0.717) is 24.5 Å². The van der Waals surface area contributed by atoms with Crippen molar-refractivity contribution >= 4 is 16.6 Å². The molecular weight excluding hydrogens is 340 g/mol. The van der Waals surface area contributed by atoms with Crippen molar-refractivity contribution < 1.29 is 9.84 Å². The number of aromatic nitrogens is 1. The van der Waals surface area contributed by atoms with Gasteiger partial charge in [0.05, 0.1) is 18.7 Å². The van der Waals surface area contributed by atoms with Gasteiger partial charge in [0.1, 0.15) is 5.75 Å². The largest absolute Gasteiger partial charge is 0.494 e. The molecule has 5 heteroatoms. The van der Waals surface area contributed by atoms with Crippen molar-refractivity contribution in [2.75, 3.05) is 6.61 Å². The maximum Gasteiger partial charge on any atom is 0.222 e. The fourth-order valence-corrected chi connectivity index (χ4v) is 3.38. The third kappa shape index (κ3) is 3.97. The van der Waals surface area contributed by atoms with Crippen LogP contribution in [0, 0.1) is 24.7 Å². The maximum absolute atomic E-state index is 11.3. The van der Waals surface area contributed by atoms with E-state index < -0.39 is 0 Å². The topological polar surface area (TPSA) is 63.8 Å². The highest BCUT2D eigenvalue weighted by Gasteiger charge is 2.19. The van der Waals surface area contributed by atoms with Gasteiger partial charge < -0.3 is 14.4 Å². The van der Waals surface area contributed by atoms with E-state index in [1.807, 2.05) is 50.2 Å². The van der Waals surface area contributed by atoms with Gasteiger partial charge in [0.25, 0.3) is 0 Å². The van der Waals surface area contributed by atoms with E-state index in [9.17, 15) is 10.0 Å². The van der Waals surface area contributed by atoms with E-state index in [1.54, 1.807) is 4.57 Å². The van der Waals surface area contributed by atoms with Crippen LogP contribution < -0.4 is 4.74 Å². The minimum Gasteiger partial charge on any atom is -0.494 e. The van der Waals surface area contributed by atoms with Gasteiger partial charge in [-0.3, -0.25) is 0 Å². The Bertz CT molecular complexity index is 956. The van der Waals surface area contributed by atoms with Crippen molar-refractivity contribution in [2.24, 2.45) is 11.1 Å². The second-order valence-electron chi connectivity index (χ2n) is 7.50. The van der Waals surface area contributed by atoms with Crippen molar-refractivity contribution in [3.05, 3.63) is 58.0 Å². The molecule has 1 aromatic heterocycles. The van der Waals surface area contributed by atoms with Crippen molar-refractivity contribution in [3.63, 3.8) is 0 Å². The molecule has 0 atom stereocenters. The number of benzene rings is 2. The van der Waals surface area contributed by atoms with Crippen molar-refractivity contribution in [2.45, 2.75) is 40.7 Å². The summed E-state index contributed by atoms with van der Waals surface area (Å²) < 4.78 is 7.50. The van der Waals surface area contributed by atoms with Crippen LogP contribution in [0.3, 0.4) is 0 Å². The predicted molar refractivity (Wildman–Crippen MR) is 109 cm³/mol. The van der Waals surface area contributed by atoms with Crippen LogP contribution in [0.15, 0.2) is 41.6 Å². The van der Waals surface area contributed by atoms with Gasteiger partial charge in [-0.2, -0.15) is 0 Å². The van der Waals surface area contributed by atoms with Crippen LogP contribution in [-0.4, -0.2) is 16.3 Å². The Balaban J connectivity index is 1.88. The Hall–Kier alpha value is -2.82. The zero-order chi connectivity index (χ0) is 19.6. The van der Waals surface area contributed by atoms with Gasteiger partial charge in [-0.25, -0.2) is 0 Å². The number of nitrogens with zero attached hydrogens (tertiary/aromatic N) is 2. The third-order valence-electron chi connectivity index (χ3n) is 4.76. The molecule has 0 saturated carbocycles. The minimum atomic E-state index is -0.0917. The predicted octanol–water partition coefficient (Wildman–Crippen LogP) is 5.83. The average Bonchev–Trinajstić information content (AvgIpc) is 2.87. The molecule has 1 heterocycles. The lowest BCUT2D eigenvalue weighted by molar-refractivity contribution is 0.289. The van der Waals surface area contributed by atoms with E-state index >= 15 is 0 Å². The van der Waals surface area contributed by atoms with Gasteiger partial charge in [0.15, 0.2) is 5.69 Å². The Morgan fingerprint density at radius 1 is 1.15 bits per heavy atom. The Morgan fingerprint density at radius 2 is 1.85 bits per heavy atom. The third-order valence-corrected chi connectivity index (χ3v) is 4.76. The smallest absolute Gasteiger partial charge is 0.222 e. The summed E-state index contributed by atoms with van der Waals surface area (Å²) in [5, 5.41) is 14.3. The quantitative estimate of drug-likeness (QED) is 0.535. The molecule has 0 spiro atoms. The van der Waals surface area contributed by atoms with Crippen LogP contribution in [0.25, 0.3) is 10.9 Å². The highest BCUT2D eigenvalue weighted by molar-refractivity contribution is 5.97. The summed E-state index contributed by atoms with van der Waals surface area (Å²) in [7, 11) is 0. The number of fused-ring (bicyclic) bond motifs is 1. The number of aryl methyl sites for hydroxylation is 2. The first kappa shape index (κ1) is 19.0. The van der Waals surface area contributed by atoms with Crippen LogP contribution in [0.1, 0.15) is 37.0 Å². The monoisotopic (exact) mass is 366 g/mol. The number of aromatic hydroxyl groups is 1. The molecule has 3 aromatic rings. The lowest BCUT2D eigenvalue weighted by Gasteiger charge is -2.11. The zero-order valence-electron chi connectivity index (χ0n) is 16.3. The fourth-order valence-electron chi connectivity index (χ4n) is 3.38. The molecular formula is C22H26N2O3. The van der Waals surface area contributed by atoms with Gasteiger partial charge in [0, 0.05) is 5.39 Å². The molecule has 1 N–H and O–H groups in total. The summed E-state index contributed by atoms with van der Waals surface area (Å²) in [4.78, 5) is 11.3. The number of nitroso groups, excluding NO2 is 1. The summed E-state index contributed by atoms with van der Waals surface area (Å²) in [6.45, 7) is 9.44. The standard InChI is InChI=1S/C22H26N2O3/c1-14(2)9-10-27-18-7-5-17(6-8-18)13-24-21-16(4)11-15(3)12-19(21)20(23-26)22(24)25/h5-8,11-12,14,25H,9-10,13H2,1-4H3. The van der Waals surface area contributed by atoms with Crippen LogP contribution in [0.4, 0.5) is 5.69 Å². The molecule has 0 amide bonds. The Morgan fingerprint density at radius 3 is 2.48 bits per heavy atom. The molecule has 0 aliphatic heterocycles. The van der Waals surface area contributed by atoms with Gasteiger partial charge in [-0.1, -0.05) is 37.6 Å². The molecule has 5 nitrogen and oxygen atoms in total. The van der Waals surface area contributed by atoms with E-state index in [-0.39, 0.29) is 11.6 Å². The first-order chi connectivity index (χ1) is 12.9. The highest BCUT2D eigenvalue weighted by Crippen LogP contribution is 2.40. The van der Waals surface area contributed by atoms with Crippen LogP contribution in [0.5, 0.6) is 11.6 Å². The van der Waals surface area contributed by atoms with E-state index in [4.69, 9.17) is 4.74 Å². The fraction of sp³-hybridized carbons (Fsp3) is 0.364. The summed E-state index contributed by atoms with van der Waals surface area (Å²) in [6.07, 6.45) is 1.02. The molecule has 142 valence electrons. The van der Waals surface area contributed by atoms with Crippen LogP contribution in [-0.2, 0) is 6.54 Å². The molecule has 0 aliphatic carbocycles. The molecule has 0 aliphatic rings. The molecule has 0 saturated heterocycles. The molecule has 3 rings (SSSR count). The number of hydrogen-bond acceptors (Lipinski definition) is 4. The number of ether oxygens (including phenoxy) is 1. The normalized spacial score (nSPS) is 11.3. The molecule has 0 unspecified atom stereocenters. The van der Waals surface area contributed by atoms with Crippen molar-refractivity contribution in [3.8, 4) is 11.6 Å². The molecule has 27 heavy (non-hydrogen) atoms. The summed E-state index contributed by atoms with van der Waals surface area (Å²) in [5.74, 6) is 1.36. The zero-order valence-corrected chi connectivity index (χ0v) is 16.3. The van der Waals surface area contributed by atoms with Crippen LogP contribution >= 0.6 is 0 Å². The summed E-state index contributed by atoms with van der Waals surface area (Å²) in [5.41, 5.74) is 3.99. The van der Waals surface area contributed by atoms with E-state index in [2.05, 4.69) is 19.0 Å². The second-order valence-corrected chi connectivity index (χ2v) is 7.50. The van der Waals surface area contributed by atoms with Gasteiger partial charge in [-0.15, -0.1) is 4.91 Å². The van der Waals surface area contributed by atoms with E-state index in [1.165, 1.54) is 0 Å². The maximum atomic E-state index is 11.3. The summed E-state index contributed by atoms with van der Waals surface area (Å²) in [6, 6.07) is 11.8. The average molecular weight is 366 g/mol. The molecule has 0 radical (unpaired) electrons. The van der Waals surface area contributed by atoms with Crippen LogP contribution in [0.2, 0.25) is 0 Å². The SMILES string of the molecule is Cc1cc(C)c2c(c1)c(N=O)c(O)n2Cc1ccc(OCCC(C)C)cc1. The number of rotatable bonds is 7. The summed E-state index contributed by atoms with van der Waals surface area (Å²) >= 11 is 0. The molecule has 2 aromatic carbocycles. The second kappa shape index (κ2) is 7.82. The first-order valence-corrected chi connectivity index (χ1v) is 9.28. The van der Waals surface area contributed by atoms with Crippen molar-refractivity contribution in [1.82, 2.24) is 4.57 Å². The Kier molecular flexibility index (Phi) is 5.49. The Labute approximate surface area is 159 Å². The van der Waals surface area contributed by atoms with E-state index in [0.717, 1.165) is 34.4 Å². The minimum absolute atomic E-state index is 0.0917.